The summed E-state index contributed by atoms with van der Waals surface area (Å²) in [5.41, 5.74) is 4.26. The summed E-state index contributed by atoms with van der Waals surface area (Å²) in [6.45, 7) is 6.55. The smallest absolute Gasteiger partial charge is 0.250 e. The Labute approximate surface area is 172 Å². The van der Waals surface area contributed by atoms with Crippen LogP contribution in [0.2, 0.25) is 0 Å². The highest BCUT2D eigenvalue weighted by Gasteiger charge is 2.12. The number of benzene rings is 2. The average Bonchev–Trinajstić information content (AvgIpc) is 3.08. The zero-order chi connectivity index (χ0) is 19.4. The third kappa shape index (κ3) is 5.37. The van der Waals surface area contributed by atoms with Gasteiger partial charge in [-0.3, -0.25) is 10.1 Å². The van der Waals surface area contributed by atoms with Crippen LogP contribution in [0.3, 0.4) is 0 Å². The molecule has 1 amide bonds. The average molecular weight is 441 g/mol. The van der Waals surface area contributed by atoms with Crippen LogP contribution in [0.25, 0.3) is 17.3 Å². The van der Waals surface area contributed by atoms with Crippen LogP contribution in [0.5, 0.6) is 0 Å². The molecule has 27 heavy (non-hydrogen) atoms. The molecule has 0 aliphatic heterocycles. The quantitative estimate of drug-likeness (QED) is 0.468. The number of rotatable bonds is 4. The van der Waals surface area contributed by atoms with Crippen LogP contribution in [0.15, 0.2) is 64.5 Å². The number of amides is 1. The summed E-state index contributed by atoms with van der Waals surface area (Å²) < 4.78 is 1.02. The van der Waals surface area contributed by atoms with E-state index in [4.69, 9.17) is 0 Å². The molecule has 5 heteroatoms. The molecule has 138 valence electrons. The summed E-state index contributed by atoms with van der Waals surface area (Å²) in [4.78, 5) is 16.6. The van der Waals surface area contributed by atoms with Crippen molar-refractivity contribution in [1.82, 2.24) is 4.98 Å². The largest absolute Gasteiger partial charge is 0.298 e. The van der Waals surface area contributed by atoms with Crippen molar-refractivity contribution in [2.24, 2.45) is 0 Å². The summed E-state index contributed by atoms with van der Waals surface area (Å²) in [6, 6.07) is 16.2. The molecular formula is C22H21BrN2OS. The van der Waals surface area contributed by atoms with Crippen LogP contribution in [-0.4, -0.2) is 10.9 Å². The lowest BCUT2D eigenvalue weighted by Crippen LogP contribution is -2.10. The van der Waals surface area contributed by atoms with E-state index in [9.17, 15) is 4.79 Å². The molecule has 0 fully saturated rings. The molecule has 0 atom stereocenters. The van der Waals surface area contributed by atoms with Crippen molar-refractivity contribution < 1.29 is 4.79 Å². The highest BCUT2D eigenvalue weighted by Crippen LogP contribution is 2.26. The minimum absolute atomic E-state index is 0.122. The van der Waals surface area contributed by atoms with E-state index in [0.29, 0.717) is 5.13 Å². The maximum atomic E-state index is 12.2. The number of halogens is 1. The number of thiazole rings is 1. The maximum Gasteiger partial charge on any atom is 0.250 e. The summed E-state index contributed by atoms with van der Waals surface area (Å²) in [5, 5.41) is 5.35. The summed E-state index contributed by atoms with van der Waals surface area (Å²) >= 11 is 4.84. The first-order valence-corrected chi connectivity index (χ1v) is 10.3. The number of anilines is 1. The van der Waals surface area contributed by atoms with Crippen molar-refractivity contribution >= 4 is 44.4 Å². The van der Waals surface area contributed by atoms with E-state index in [1.54, 1.807) is 0 Å². The number of aromatic nitrogens is 1. The molecule has 1 heterocycles. The third-order valence-electron chi connectivity index (χ3n) is 4.08. The molecule has 0 unspecified atom stereocenters. The minimum atomic E-state index is -0.188. The summed E-state index contributed by atoms with van der Waals surface area (Å²) in [5.74, 6) is -0.188. The second-order valence-electron chi connectivity index (χ2n) is 7.24. The van der Waals surface area contributed by atoms with E-state index in [2.05, 4.69) is 59.1 Å². The highest BCUT2D eigenvalue weighted by atomic mass is 79.9. The fourth-order valence-corrected chi connectivity index (χ4v) is 3.48. The number of hydrogen-bond donors (Lipinski definition) is 1. The van der Waals surface area contributed by atoms with Gasteiger partial charge in [-0.15, -0.1) is 11.3 Å². The predicted molar refractivity (Wildman–Crippen MR) is 118 cm³/mol. The molecule has 0 radical (unpaired) electrons. The number of carbonyl (C=O) groups excluding carboxylic acids is 1. The molecule has 0 bridgehead atoms. The highest BCUT2D eigenvalue weighted by molar-refractivity contribution is 9.10. The second kappa shape index (κ2) is 8.19. The van der Waals surface area contributed by atoms with Crippen LogP contribution in [0, 0.1) is 0 Å². The van der Waals surface area contributed by atoms with Gasteiger partial charge in [-0.05, 0) is 34.8 Å². The van der Waals surface area contributed by atoms with Crippen molar-refractivity contribution in [2.75, 3.05) is 5.32 Å². The monoisotopic (exact) mass is 440 g/mol. The van der Waals surface area contributed by atoms with Gasteiger partial charge in [0, 0.05) is 21.5 Å². The second-order valence-corrected chi connectivity index (χ2v) is 9.01. The van der Waals surface area contributed by atoms with Crippen LogP contribution >= 0.6 is 27.3 Å². The first kappa shape index (κ1) is 19.5. The third-order valence-corrected chi connectivity index (χ3v) is 5.36. The molecule has 1 aromatic heterocycles. The standard InChI is InChI=1S/C22H21BrN2OS/c1-22(2,3)17-9-4-15(5-10-17)6-13-20(26)25-21-24-19(14-27-21)16-7-11-18(23)12-8-16/h4-14H,1-3H3,(H,24,25,26)/b13-6+. The van der Waals surface area contributed by atoms with Crippen LogP contribution < -0.4 is 5.32 Å². The summed E-state index contributed by atoms with van der Waals surface area (Å²) in [6.07, 6.45) is 3.35. The lowest BCUT2D eigenvalue weighted by molar-refractivity contribution is -0.111. The predicted octanol–water partition coefficient (Wildman–Crippen LogP) is 6.52. The van der Waals surface area contributed by atoms with Gasteiger partial charge in [0.2, 0.25) is 5.91 Å². The van der Waals surface area contributed by atoms with Gasteiger partial charge in [0.05, 0.1) is 5.69 Å². The van der Waals surface area contributed by atoms with E-state index in [1.807, 2.05) is 47.9 Å². The van der Waals surface area contributed by atoms with Crippen molar-refractivity contribution in [3.63, 3.8) is 0 Å². The van der Waals surface area contributed by atoms with Gasteiger partial charge < -0.3 is 0 Å². The molecule has 0 aliphatic rings. The Bertz CT molecular complexity index is 951. The van der Waals surface area contributed by atoms with Crippen molar-refractivity contribution in [2.45, 2.75) is 26.2 Å². The van der Waals surface area contributed by atoms with Gasteiger partial charge >= 0.3 is 0 Å². The molecular weight excluding hydrogens is 420 g/mol. The fourth-order valence-electron chi connectivity index (χ4n) is 2.50. The first-order valence-electron chi connectivity index (χ1n) is 8.62. The zero-order valence-corrected chi connectivity index (χ0v) is 17.9. The molecule has 3 nitrogen and oxygen atoms in total. The topological polar surface area (TPSA) is 42.0 Å². The summed E-state index contributed by atoms with van der Waals surface area (Å²) in [7, 11) is 0. The molecule has 0 spiro atoms. The fraction of sp³-hybridized carbons (Fsp3) is 0.182. The lowest BCUT2D eigenvalue weighted by atomic mass is 9.87. The van der Waals surface area contributed by atoms with E-state index in [-0.39, 0.29) is 11.3 Å². The Kier molecular flexibility index (Phi) is 5.92. The molecule has 3 aromatic rings. The molecule has 0 saturated carbocycles. The minimum Gasteiger partial charge on any atom is -0.298 e. The van der Waals surface area contributed by atoms with Crippen molar-refractivity contribution in [1.29, 1.82) is 0 Å². The Hall–Kier alpha value is -2.24. The number of hydrogen-bond acceptors (Lipinski definition) is 3. The zero-order valence-electron chi connectivity index (χ0n) is 15.5. The Balaban J connectivity index is 1.62. The first-order chi connectivity index (χ1) is 12.8. The van der Waals surface area contributed by atoms with E-state index in [0.717, 1.165) is 21.3 Å². The maximum absolute atomic E-state index is 12.2. The van der Waals surface area contributed by atoms with Crippen LogP contribution in [0.4, 0.5) is 5.13 Å². The number of nitrogens with zero attached hydrogens (tertiary/aromatic N) is 1. The normalized spacial score (nSPS) is 11.7. The van der Waals surface area contributed by atoms with Gasteiger partial charge in [0.25, 0.3) is 0 Å². The molecule has 1 N–H and O–H groups in total. The molecule has 0 saturated heterocycles. The molecule has 2 aromatic carbocycles. The van der Waals surface area contributed by atoms with Crippen molar-refractivity contribution in [3.05, 3.63) is 75.6 Å². The van der Waals surface area contributed by atoms with Crippen LogP contribution in [0.1, 0.15) is 31.9 Å². The Morgan fingerprint density at radius 2 is 1.74 bits per heavy atom. The van der Waals surface area contributed by atoms with Gasteiger partial charge in [0.1, 0.15) is 0 Å². The number of carbonyl (C=O) groups is 1. The van der Waals surface area contributed by atoms with Gasteiger partial charge in [0.15, 0.2) is 5.13 Å². The van der Waals surface area contributed by atoms with E-state index >= 15 is 0 Å². The SMILES string of the molecule is CC(C)(C)c1ccc(/C=C/C(=O)Nc2nc(-c3ccc(Br)cc3)cs2)cc1. The van der Waals surface area contributed by atoms with Crippen molar-refractivity contribution in [3.8, 4) is 11.3 Å². The Morgan fingerprint density at radius 3 is 2.37 bits per heavy atom. The van der Waals surface area contributed by atoms with Gasteiger partial charge in [-0.25, -0.2) is 4.98 Å². The molecule has 0 aliphatic carbocycles. The molecule has 3 rings (SSSR count). The van der Waals surface area contributed by atoms with Gasteiger partial charge in [-0.2, -0.15) is 0 Å². The van der Waals surface area contributed by atoms with Crippen LogP contribution in [-0.2, 0) is 10.2 Å². The van der Waals surface area contributed by atoms with E-state index in [1.165, 1.54) is 23.0 Å². The van der Waals surface area contributed by atoms with E-state index < -0.39 is 0 Å². The van der Waals surface area contributed by atoms with Gasteiger partial charge in [-0.1, -0.05) is 73.1 Å². The lowest BCUT2D eigenvalue weighted by Gasteiger charge is -2.18. The number of nitrogens with one attached hydrogen (secondary N) is 1. The Morgan fingerprint density at radius 1 is 1.07 bits per heavy atom.